The van der Waals surface area contributed by atoms with Crippen LogP contribution in [0.25, 0.3) is 0 Å². The van der Waals surface area contributed by atoms with E-state index in [0.29, 0.717) is 16.0 Å². The minimum Gasteiger partial charge on any atom is -0.352 e. The largest absolute Gasteiger partial charge is 0.352 e. The van der Waals surface area contributed by atoms with Crippen LogP contribution in [-0.4, -0.2) is 15.9 Å². The summed E-state index contributed by atoms with van der Waals surface area (Å²) in [7, 11) is 0. The molecule has 0 saturated heterocycles. The highest BCUT2D eigenvalue weighted by Gasteiger charge is 2.07. The summed E-state index contributed by atoms with van der Waals surface area (Å²) >= 11 is 5.03. The molecule has 2 N–H and O–H groups in total. The topological polar surface area (TPSA) is 57.8 Å². The number of aromatic nitrogens is 2. The summed E-state index contributed by atoms with van der Waals surface area (Å²) in [6.45, 7) is 1.94. The van der Waals surface area contributed by atoms with E-state index >= 15 is 0 Å². The molecule has 2 heterocycles. The van der Waals surface area contributed by atoms with Gasteiger partial charge in [-0.3, -0.25) is 4.79 Å². The molecule has 0 fully saturated rings. The fraction of sp³-hybridized carbons (Fsp3) is 0.0833. The van der Waals surface area contributed by atoms with Gasteiger partial charge in [-0.05, 0) is 30.7 Å². The zero-order valence-corrected chi connectivity index (χ0v) is 10.0. The van der Waals surface area contributed by atoms with E-state index < -0.39 is 0 Å². The van der Waals surface area contributed by atoms with Crippen LogP contribution >= 0.6 is 12.2 Å². The molecule has 4 nitrogen and oxygen atoms in total. The quantitative estimate of drug-likeness (QED) is 0.800. The number of hydrogen-bond donors (Lipinski definition) is 2. The standard InChI is InChI=1S/C12H11N3OS/c1-8-4-5-10(14-7-8)15-11(16)9-3-2-6-13-12(9)17/h2-7H,1H3,(H,13,17)(H,14,15,16). The summed E-state index contributed by atoms with van der Waals surface area (Å²) in [5.41, 5.74) is 1.48. The van der Waals surface area contributed by atoms with Crippen molar-refractivity contribution in [1.29, 1.82) is 0 Å². The van der Waals surface area contributed by atoms with Crippen LogP contribution in [0.2, 0.25) is 0 Å². The van der Waals surface area contributed by atoms with Gasteiger partial charge in [0.2, 0.25) is 0 Å². The molecular formula is C12H11N3OS. The smallest absolute Gasteiger partial charge is 0.259 e. The molecule has 0 unspecified atom stereocenters. The summed E-state index contributed by atoms with van der Waals surface area (Å²) in [4.78, 5) is 18.8. The van der Waals surface area contributed by atoms with E-state index in [2.05, 4.69) is 15.3 Å². The number of rotatable bonds is 2. The van der Waals surface area contributed by atoms with Crippen LogP contribution < -0.4 is 5.32 Å². The monoisotopic (exact) mass is 245 g/mol. The van der Waals surface area contributed by atoms with E-state index in [1.165, 1.54) is 0 Å². The van der Waals surface area contributed by atoms with Crippen molar-refractivity contribution < 1.29 is 4.79 Å². The second-order valence-electron chi connectivity index (χ2n) is 3.59. The lowest BCUT2D eigenvalue weighted by Crippen LogP contribution is -2.13. The number of pyridine rings is 2. The van der Waals surface area contributed by atoms with Gasteiger partial charge in [-0.1, -0.05) is 18.3 Å². The van der Waals surface area contributed by atoms with Gasteiger partial charge in [0, 0.05) is 12.4 Å². The molecule has 1 amide bonds. The van der Waals surface area contributed by atoms with Crippen LogP contribution in [0, 0.1) is 11.6 Å². The normalized spacial score (nSPS) is 9.94. The van der Waals surface area contributed by atoms with Gasteiger partial charge in [0.1, 0.15) is 10.5 Å². The number of amides is 1. The summed E-state index contributed by atoms with van der Waals surface area (Å²) in [5.74, 6) is 0.252. The minimum atomic E-state index is -0.261. The van der Waals surface area contributed by atoms with E-state index in [0.717, 1.165) is 5.56 Å². The Morgan fingerprint density at radius 1 is 1.41 bits per heavy atom. The van der Waals surface area contributed by atoms with Gasteiger partial charge in [0.25, 0.3) is 5.91 Å². The third-order valence-corrected chi connectivity index (χ3v) is 2.55. The molecule has 0 aliphatic heterocycles. The number of anilines is 1. The molecule has 2 aromatic heterocycles. The molecule has 86 valence electrons. The number of carbonyl (C=O) groups excluding carboxylic acids is 1. The van der Waals surface area contributed by atoms with Gasteiger partial charge >= 0.3 is 0 Å². The molecule has 0 bridgehead atoms. The average Bonchev–Trinajstić information content (AvgIpc) is 2.32. The predicted molar refractivity (Wildman–Crippen MR) is 68.6 cm³/mol. The number of H-pyrrole nitrogens is 1. The van der Waals surface area contributed by atoms with Gasteiger partial charge < -0.3 is 10.3 Å². The highest BCUT2D eigenvalue weighted by atomic mass is 32.1. The Hall–Kier alpha value is -2.01. The molecule has 0 saturated carbocycles. The lowest BCUT2D eigenvalue weighted by molar-refractivity contribution is 0.102. The molecule has 0 radical (unpaired) electrons. The maximum absolute atomic E-state index is 11.9. The SMILES string of the molecule is Cc1ccc(NC(=O)c2ccc[nH]c2=S)nc1. The van der Waals surface area contributed by atoms with Crippen LogP contribution in [0.1, 0.15) is 15.9 Å². The van der Waals surface area contributed by atoms with Crippen LogP contribution in [0.3, 0.4) is 0 Å². The Balaban J connectivity index is 2.20. The zero-order valence-electron chi connectivity index (χ0n) is 9.23. The van der Waals surface area contributed by atoms with Crippen molar-refractivity contribution in [3.8, 4) is 0 Å². The van der Waals surface area contributed by atoms with E-state index in [9.17, 15) is 4.79 Å². The highest BCUT2D eigenvalue weighted by molar-refractivity contribution is 7.71. The average molecular weight is 245 g/mol. The van der Waals surface area contributed by atoms with Crippen LogP contribution in [-0.2, 0) is 0 Å². The van der Waals surface area contributed by atoms with Crippen LogP contribution in [0.5, 0.6) is 0 Å². The molecule has 0 aliphatic carbocycles. The Morgan fingerprint density at radius 3 is 2.88 bits per heavy atom. The maximum atomic E-state index is 11.9. The lowest BCUT2D eigenvalue weighted by Gasteiger charge is -2.04. The Morgan fingerprint density at radius 2 is 2.24 bits per heavy atom. The molecule has 0 aromatic carbocycles. The highest BCUT2D eigenvalue weighted by Crippen LogP contribution is 2.07. The first-order chi connectivity index (χ1) is 8.16. The first-order valence-corrected chi connectivity index (χ1v) is 5.49. The number of nitrogens with zero attached hydrogens (tertiary/aromatic N) is 1. The third-order valence-electron chi connectivity index (χ3n) is 2.22. The minimum absolute atomic E-state index is 0.261. The Labute approximate surface area is 104 Å². The third kappa shape index (κ3) is 2.76. The summed E-state index contributed by atoms with van der Waals surface area (Å²) in [6, 6.07) is 7.03. The van der Waals surface area contributed by atoms with E-state index in [4.69, 9.17) is 12.2 Å². The van der Waals surface area contributed by atoms with Crippen LogP contribution in [0.4, 0.5) is 5.82 Å². The molecule has 0 atom stereocenters. The molecular weight excluding hydrogens is 234 g/mol. The number of hydrogen-bond acceptors (Lipinski definition) is 3. The number of nitrogens with one attached hydrogen (secondary N) is 2. The van der Waals surface area contributed by atoms with Gasteiger partial charge in [-0.2, -0.15) is 0 Å². The van der Waals surface area contributed by atoms with Gasteiger partial charge in [0.15, 0.2) is 0 Å². The molecule has 0 aliphatic rings. The van der Waals surface area contributed by atoms with Gasteiger partial charge in [-0.15, -0.1) is 0 Å². The molecule has 17 heavy (non-hydrogen) atoms. The second kappa shape index (κ2) is 4.88. The summed E-state index contributed by atoms with van der Waals surface area (Å²) in [5, 5.41) is 2.69. The molecule has 2 aromatic rings. The number of aryl methyl sites for hydroxylation is 1. The molecule has 2 rings (SSSR count). The number of aromatic amines is 1. The fourth-order valence-corrected chi connectivity index (χ4v) is 1.55. The van der Waals surface area contributed by atoms with Gasteiger partial charge in [-0.25, -0.2) is 4.98 Å². The molecule has 5 heteroatoms. The van der Waals surface area contributed by atoms with Crippen molar-refractivity contribution in [2.45, 2.75) is 6.92 Å². The Bertz CT molecular complexity index is 589. The van der Waals surface area contributed by atoms with E-state index in [-0.39, 0.29) is 5.91 Å². The van der Waals surface area contributed by atoms with Crippen molar-refractivity contribution in [2.75, 3.05) is 5.32 Å². The van der Waals surface area contributed by atoms with E-state index in [1.54, 1.807) is 30.6 Å². The van der Waals surface area contributed by atoms with Crippen LogP contribution in [0.15, 0.2) is 36.7 Å². The lowest BCUT2D eigenvalue weighted by atomic mass is 10.2. The summed E-state index contributed by atoms with van der Waals surface area (Å²) < 4.78 is 0.414. The van der Waals surface area contributed by atoms with E-state index in [1.807, 2.05) is 13.0 Å². The van der Waals surface area contributed by atoms with Crippen molar-refractivity contribution in [3.05, 3.63) is 52.4 Å². The first kappa shape index (κ1) is 11.5. The first-order valence-electron chi connectivity index (χ1n) is 5.08. The predicted octanol–water partition coefficient (Wildman–Crippen LogP) is 2.70. The van der Waals surface area contributed by atoms with Crippen molar-refractivity contribution >= 4 is 23.9 Å². The zero-order chi connectivity index (χ0) is 12.3. The number of carbonyl (C=O) groups is 1. The maximum Gasteiger partial charge on any atom is 0.259 e. The van der Waals surface area contributed by atoms with Crippen molar-refractivity contribution in [1.82, 2.24) is 9.97 Å². The van der Waals surface area contributed by atoms with Crippen molar-refractivity contribution in [3.63, 3.8) is 0 Å². The van der Waals surface area contributed by atoms with Crippen molar-refractivity contribution in [2.24, 2.45) is 0 Å². The summed E-state index contributed by atoms with van der Waals surface area (Å²) in [6.07, 6.45) is 3.38. The second-order valence-corrected chi connectivity index (χ2v) is 4.00. The van der Waals surface area contributed by atoms with Gasteiger partial charge in [0.05, 0.1) is 5.56 Å². The fourth-order valence-electron chi connectivity index (χ4n) is 1.33. The molecule has 0 spiro atoms. The Kier molecular flexibility index (Phi) is 3.30.